The molecule has 1 aromatic rings. The topological polar surface area (TPSA) is 95.8 Å². The summed E-state index contributed by atoms with van der Waals surface area (Å²) in [5.74, 6) is -0.283. The SMILES string of the molecule is C[C@H](c1cccc([N+](=O)[O-])c1)N(C)CC(=O)N1CCNC1=O. The van der Waals surface area contributed by atoms with Crippen LogP contribution in [0, 0.1) is 10.1 Å². The Morgan fingerprint density at radius 2 is 2.27 bits per heavy atom. The van der Waals surface area contributed by atoms with Gasteiger partial charge in [0.25, 0.3) is 5.69 Å². The summed E-state index contributed by atoms with van der Waals surface area (Å²) in [4.78, 5) is 36.9. The number of rotatable bonds is 5. The summed E-state index contributed by atoms with van der Waals surface area (Å²) in [6.07, 6.45) is 0. The van der Waals surface area contributed by atoms with Crippen molar-refractivity contribution in [1.82, 2.24) is 15.1 Å². The summed E-state index contributed by atoms with van der Waals surface area (Å²) in [5, 5.41) is 13.4. The van der Waals surface area contributed by atoms with E-state index >= 15 is 0 Å². The molecule has 1 aromatic carbocycles. The van der Waals surface area contributed by atoms with Gasteiger partial charge < -0.3 is 5.32 Å². The van der Waals surface area contributed by atoms with E-state index in [9.17, 15) is 19.7 Å². The molecule has 0 radical (unpaired) electrons. The lowest BCUT2D eigenvalue weighted by molar-refractivity contribution is -0.384. The maximum Gasteiger partial charge on any atom is 0.324 e. The maximum absolute atomic E-state index is 12.1. The summed E-state index contributed by atoms with van der Waals surface area (Å²) < 4.78 is 0. The highest BCUT2D eigenvalue weighted by Crippen LogP contribution is 2.22. The molecular formula is C14H18N4O4. The molecule has 0 bridgehead atoms. The lowest BCUT2D eigenvalue weighted by Gasteiger charge is -2.25. The van der Waals surface area contributed by atoms with Crippen molar-refractivity contribution in [1.29, 1.82) is 0 Å². The van der Waals surface area contributed by atoms with Crippen molar-refractivity contribution in [3.8, 4) is 0 Å². The van der Waals surface area contributed by atoms with Crippen LogP contribution in [0.3, 0.4) is 0 Å². The van der Waals surface area contributed by atoms with Crippen LogP contribution in [0.1, 0.15) is 18.5 Å². The Morgan fingerprint density at radius 1 is 1.55 bits per heavy atom. The summed E-state index contributed by atoms with van der Waals surface area (Å²) in [6, 6.07) is 5.76. The third-order valence-corrected chi connectivity index (χ3v) is 3.77. The van der Waals surface area contributed by atoms with E-state index in [0.717, 1.165) is 5.56 Å². The summed E-state index contributed by atoms with van der Waals surface area (Å²) in [5.41, 5.74) is 0.762. The van der Waals surface area contributed by atoms with E-state index in [1.807, 2.05) is 6.92 Å². The highest BCUT2D eigenvalue weighted by molar-refractivity contribution is 5.96. The minimum absolute atomic E-state index is 0.0167. The van der Waals surface area contributed by atoms with Gasteiger partial charge in [0.15, 0.2) is 0 Å². The predicted molar refractivity (Wildman–Crippen MR) is 79.3 cm³/mol. The number of nitrogens with zero attached hydrogens (tertiary/aromatic N) is 3. The van der Waals surface area contributed by atoms with E-state index in [1.54, 1.807) is 24.1 Å². The molecule has 0 unspecified atom stereocenters. The Kier molecular flexibility index (Phi) is 4.71. The Labute approximate surface area is 127 Å². The number of likely N-dealkylation sites (N-methyl/N-ethyl adjacent to an activating group) is 1. The van der Waals surface area contributed by atoms with Gasteiger partial charge in [0.05, 0.1) is 11.5 Å². The fourth-order valence-electron chi connectivity index (χ4n) is 2.30. The summed E-state index contributed by atoms with van der Waals surface area (Å²) in [7, 11) is 1.75. The molecular weight excluding hydrogens is 288 g/mol. The van der Waals surface area contributed by atoms with E-state index in [-0.39, 0.29) is 30.2 Å². The van der Waals surface area contributed by atoms with Gasteiger partial charge in [0, 0.05) is 31.3 Å². The second-order valence-electron chi connectivity index (χ2n) is 5.22. The molecule has 0 aliphatic carbocycles. The van der Waals surface area contributed by atoms with Crippen LogP contribution >= 0.6 is 0 Å². The molecule has 1 saturated heterocycles. The van der Waals surface area contributed by atoms with Gasteiger partial charge in [-0.2, -0.15) is 0 Å². The third kappa shape index (κ3) is 3.40. The first-order chi connectivity index (χ1) is 10.4. The van der Waals surface area contributed by atoms with Crippen LogP contribution in [0.2, 0.25) is 0 Å². The second-order valence-corrected chi connectivity index (χ2v) is 5.22. The number of hydrogen-bond acceptors (Lipinski definition) is 5. The average molecular weight is 306 g/mol. The van der Waals surface area contributed by atoms with E-state index in [0.29, 0.717) is 13.1 Å². The number of nitrogens with one attached hydrogen (secondary N) is 1. The third-order valence-electron chi connectivity index (χ3n) is 3.77. The van der Waals surface area contributed by atoms with Crippen molar-refractivity contribution < 1.29 is 14.5 Å². The number of carbonyl (C=O) groups excluding carboxylic acids is 2. The molecule has 22 heavy (non-hydrogen) atoms. The number of nitro groups is 1. The van der Waals surface area contributed by atoms with Crippen LogP contribution in [0.25, 0.3) is 0 Å². The lowest BCUT2D eigenvalue weighted by atomic mass is 10.1. The number of nitro benzene ring substituents is 1. The number of amides is 3. The predicted octanol–water partition coefficient (Wildman–Crippen LogP) is 1.14. The Balaban J connectivity index is 2.04. The van der Waals surface area contributed by atoms with E-state index < -0.39 is 4.92 Å². The smallest absolute Gasteiger partial charge is 0.324 e. The van der Waals surface area contributed by atoms with Crippen LogP contribution in [0.15, 0.2) is 24.3 Å². The average Bonchev–Trinajstić information content (AvgIpc) is 2.92. The highest BCUT2D eigenvalue weighted by Gasteiger charge is 2.27. The van der Waals surface area contributed by atoms with E-state index in [4.69, 9.17) is 0 Å². The molecule has 8 heteroatoms. The van der Waals surface area contributed by atoms with Gasteiger partial charge in [0.1, 0.15) is 0 Å². The molecule has 2 rings (SSSR count). The van der Waals surface area contributed by atoms with Gasteiger partial charge in [-0.25, -0.2) is 4.79 Å². The van der Waals surface area contributed by atoms with Crippen molar-refractivity contribution in [2.45, 2.75) is 13.0 Å². The normalized spacial score (nSPS) is 15.8. The van der Waals surface area contributed by atoms with Crippen LogP contribution in [0.5, 0.6) is 0 Å². The zero-order valence-electron chi connectivity index (χ0n) is 12.5. The molecule has 0 aromatic heterocycles. The first-order valence-electron chi connectivity index (χ1n) is 6.93. The van der Waals surface area contributed by atoms with Crippen LogP contribution in [-0.2, 0) is 4.79 Å². The largest absolute Gasteiger partial charge is 0.336 e. The van der Waals surface area contributed by atoms with Gasteiger partial charge in [-0.3, -0.25) is 24.7 Å². The number of benzene rings is 1. The molecule has 1 aliphatic rings. The fourth-order valence-corrected chi connectivity index (χ4v) is 2.30. The van der Waals surface area contributed by atoms with Crippen molar-refractivity contribution >= 4 is 17.6 Å². The van der Waals surface area contributed by atoms with Crippen LogP contribution in [0.4, 0.5) is 10.5 Å². The van der Waals surface area contributed by atoms with Gasteiger partial charge in [-0.05, 0) is 19.5 Å². The van der Waals surface area contributed by atoms with E-state index in [2.05, 4.69) is 5.32 Å². The van der Waals surface area contributed by atoms with Gasteiger partial charge in [0.2, 0.25) is 5.91 Å². The number of imide groups is 1. The van der Waals surface area contributed by atoms with Crippen molar-refractivity contribution in [2.75, 3.05) is 26.7 Å². The standard InChI is InChI=1S/C14H18N4O4/c1-10(11-4-3-5-12(8-11)18(21)22)16(2)9-13(19)17-7-6-15-14(17)20/h3-5,8,10H,6-7,9H2,1-2H3,(H,15,20)/t10-/m1/s1. The quantitative estimate of drug-likeness (QED) is 0.650. The minimum Gasteiger partial charge on any atom is -0.336 e. The monoisotopic (exact) mass is 306 g/mol. The number of urea groups is 1. The first-order valence-corrected chi connectivity index (χ1v) is 6.93. The molecule has 0 spiro atoms. The van der Waals surface area contributed by atoms with Gasteiger partial charge >= 0.3 is 6.03 Å². The molecule has 118 valence electrons. The van der Waals surface area contributed by atoms with Crippen LogP contribution < -0.4 is 5.32 Å². The Bertz CT molecular complexity index is 604. The molecule has 0 saturated carbocycles. The van der Waals surface area contributed by atoms with E-state index in [1.165, 1.54) is 17.0 Å². The molecule has 1 N–H and O–H groups in total. The molecule has 1 atom stereocenters. The summed E-state index contributed by atoms with van der Waals surface area (Å²) in [6.45, 7) is 2.76. The second kappa shape index (κ2) is 6.52. The zero-order valence-corrected chi connectivity index (χ0v) is 12.5. The van der Waals surface area contributed by atoms with Gasteiger partial charge in [-0.1, -0.05) is 12.1 Å². The highest BCUT2D eigenvalue weighted by atomic mass is 16.6. The maximum atomic E-state index is 12.1. The van der Waals surface area contributed by atoms with Crippen molar-refractivity contribution in [2.24, 2.45) is 0 Å². The number of carbonyl (C=O) groups is 2. The number of hydrogen-bond donors (Lipinski definition) is 1. The summed E-state index contributed by atoms with van der Waals surface area (Å²) >= 11 is 0. The van der Waals surface area contributed by atoms with Gasteiger partial charge in [-0.15, -0.1) is 0 Å². The van der Waals surface area contributed by atoms with Crippen molar-refractivity contribution in [3.63, 3.8) is 0 Å². The Morgan fingerprint density at radius 3 is 2.86 bits per heavy atom. The fraction of sp³-hybridized carbons (Fsp3) is 0.429. The first kappa shape index (κ1) is 15.9. The van der Waals surface area contributed by atoms with Crippen molar-refractivity contribution in [3.05, 3.63) is 39.9 Å². The molecule has 1 aliphatic heterocycles. The molecule has 1 fully saturated rings. The lowest BCUT2D eigenvalue weighted by Crippen LogP contribution is -2.41. The zero-order chi connectivity index (χ0) is 16.3. The number of non-ortho nitro benzene ring substituents is 1. The molecule has 3 amide bonds. The molecule has 8 nitrogen and oxygen atoms in total. The molecule has 1 heterocycles. The minimum atomic E-state index is -0.448. The Hall–Kier alpha value is -2.48. The van der Waals surface area contributed by atoms with Crippen LogP contribution in [-0.4, -0.2) is 53.3 Å².